The number of rotatable bonds is 4. The zero-order valence-electron chi connectivity index (χ0n) is 12.1. The highest BCUT2D eigenvalue weighted by molar-refractivity contribution is 5.82. The summed E-state index contributed by atoms with van der Waals surface area (Å²) in [6.07, 6.45) is 7.55. The fourth-order valence-electron chi connectivity index (χ4n) is 2.18. The summed E-state index contributed by atoms with van der Waals surface area (Å²) in [7, 11) is 1.83. The van der Waals surface area contributed by atoms with Crippen LogP contribution in [0.15, 0.2) is 43.0 Å². The molecule has 0 fully saturated rings. The van der Waals surface area contributed by atoms with Gasteiger partial charge in [0.05, 0.1) is 6.33 Å². The van der Waals surface area contributed by atoms with E-state index in [2.05, 4.69) is 63.6 Å². The van der Waals surface area contributed by atoms with Gasteiger partial charge in [-0.3, -0.25) is 0 Å². The van der Waals surface area contributed by atoms with Crippen LogP contribution >= 0.6 is 0 Å². The summed E-state index contributed by atoms with van der Waals surface area (Å²) in [5, 5.41) is 3.03. The van der Waals surface area contributed by atoms with Crippen LogP contribution in [0.2, 0.25) is 0 Å². The van der Waals surface area contributed by atoms with Gasteiger partial charge in [-0.15, -0.1) is 0 Å². The second-order valence-corrected chi connectivity index (χ2v) is 4.85. The first-order valence-corrected chi connectivity index (χ1v) is 6.85. The first-order chi connectivity index (χ1) is 10.3. The SMILES string of the molecule is CNc1ncnc2c1ncn2C/C=C/c1ccc(C)cc1. The largest absolute Gasteiger partial charge is 0.371 e. The van der Waals surface area contributed by atoms with Crippen LogP contribution in [0.4, 0.5) is 5.82 Å². The molecular weight excluding hydrogens is 262 g/mol. The zero-order chi connectivity index (χ0) is 14.7. The normalized spacial score (nSPS) is 11.3. The number of benzene rings is 1. The van der Waals surface area contributed by atoms with Crippen molar-refractivity contribution in [1.82, 2.24) is 19.5 Å². The Hall–Kier alpha value is -2.69. The van der Waals surface area contributed by atoms with Crippen LogP contribution in [0.25, 0.3) is 17.2 Å². The van der Waals surface area contributed by atoms with Gasteiger partial charge in [0.15, 0.2) is 11.5 Å². The standard InChI is InChI=1S/C16H17N5/c1-12-5-7-13(8-6-12)4-3-9-21-11-20-14-15(17-2)18-10-19-16(14)21/h3-8,10-11H,9H2,1-2H3,(H,17,18,19)/b4-3+. The molecule has 0 aliphatic heterocycles. The number of fused-ring (bicyclic) bond motifs is 1. The highest BCUT2D eigenvalue weighted by atomic mass is 15.1. The average molecular weight is 279 g/mol. The first-order valence-electron chi connectivity index (χ1n) is 6.85. The van der Waals surface area contributed by atoms with Crippen LogP contribution in [-0.4, -0.2) is 26.6 Å². The third-order valence-corrected chi connectivity index (χ3v) is 3.33. The Morgan fingerprint density at radius 2 is 1.95 bits per heavy atom. The molecule has 5 heteroatoms. The van der Waals surface area contributed by atoms with Crippen molar-refractivity contribution in [1.29, 1.82) is 0 Å². The molecule has 0 aliphatic carbocycles. The summed E-state index contributed by atoms with van der Waals surface area (Å²) in [5.74, 6) is 0.751. The minimum atomic E-state index is 0.727. The minimum Gasteiger partial charge on any atom is -0.371 e. The number of aromatic nitrogens is 4. The number of hydrogen-bond acceptors (Lipinski definition) is 4. The predicted octanol–water partition coefficient (Wildman–Crippen LogP) is 2.89. The average Bonchev–Trinajstić information content (AvgIpc) is 2.92. The third kappa shape index (κ3) is 2.76. The van der Waals surface area contributed by atoms with Gasteiger partial charge in [-0.05, 0) is 12.5 Å². The van der Waals surface area contributed by atoms with Gasteiger partial charge in [0.2, 0.25) is 0 Å². The molecule has 2 heterocycles. The Balaban J connectivity index is 1.81. The van der Waals surface area contributed by atoms with E-state index in [4.69, 9.17) is 0 Å². The van der Waals surface area contributed by atoms with Crippen LogP contribution in [-0.2, 0) is 6.54 Å². The molecule has 0 saturated carbocycles. The van der Waals surface area contributed by atoms with Crippen LogP contribution < -0.4 is 5.32 Å². The lowest BCUT2D eigenvalue weighted by molar-refractivity contribution is 0.839. The van der Waals surface area contributed by atoms with Gasteiger partial charge >= 0.3 is 0 Å². The van der Waals surface area contributed by atoms with Crippen LogP contribution in [0.1, 0.15) is 11.1 Å². The molecule has 5 nitrogen and oxygen atoms in total. The lowest BCUT2D eigenvalue weighted by atomic mass is 10.1. The van der Waals surface area contributed by atoms with Gasteiger partial charge in [-0.25, -0.2) is 15.0 Å². The maximum atomic E-state index is 4.37. The van der Waals surface area contributed by atoms with Crippen LogP contribution in [0.3, 0.4) is 0 Å². The maximum absolute atomic E-state index is 4.37. The van der Waals surface area contributed by atoms with E-state index in [0.717, 1.165) is 23.5 Å². The monoisotopic (exact) mass is 279 g/mol. The Morgan fingerprint density at radius 1 is 1.14 bits per heavy atom. The molecule has 2 aromatic heterocycles. The van der Waals surface area contributed by atoms with Crippen molar-refractivity contribution >= 4 is 23.1 Å². The number of allylic oxidation sites excluding steroid dienone is 1. The Bertz CT molecular complexity index is 771. The van der Waals surface area contributed by atoms with E-state index in [0.29, 0.717) is 0 Å². The van der Waals surface area contributed by atoms with Crippen molar-refractivity contribution in [3.05, 3.63) is 54.1 Å². The second-order valence-electron chi connectivity index (χ2n) is 4.85. The quantitative estimate of drug-likeness (QED) is 0.798. The number of imidazole rings is 1. The molecule has 3 rings (SSSR count). The Kier molecular flexibility index (Phi) is 3.64. The molecule has 0 bridgehead atoms. The van der Waals surface area contributed by atoms with E-state index in [1.807, 2.05) is 11.6 Å². The molecule has 0 unspecified atom stereocenters. The van der Waals surface area contributed by atoms with Crippen molar-refractivity contribution in [2.45, 2.75) is 13.5 Å². The van der Waals surface area contributed by atoms with E-state index >= 15 is 0 Å². The number of aryl methyl sites for hydroxylation is 1. The molecule has 0 atom stereocenters. The van der Waals surface area contributed by atoms with Crippen molar-refractivity contribution in [2.75, 3.05) is 12.4 Å². The topological polar surface area (TPSA) is 55.6 Å². The highest BCUT2D eigenvalue weighted by Gasteiger charge is 2.07. The molecule has 1 N–H and O–H groups in total. The molecule has 106 valence electrons. The Morgan fingerprint density at radius 3 is 2.71 bits per heavy atom. The van der Waals surface area contributed by atoms with E-state index in [-0.39, 0.29) is 0 Å². The van der Waals surface area contributed by atoms with E-state index in [1.165, 1.54) is 11.1 Å². The lowest BCUT2D eigenvalue weighted by Crippen LogP contribution is -1.98. The summed E-state index contributed by atoms with van der Waals surface area (Å²) in [6.45, 7) is 2.81. The smallest absolute Gasteiger partial charge is 0.165 e. The van der Waals surface area contributed by atoms with E-state index in [1.54, 1.807) is 12.7 Å². The van der Waals surface area contributed by atoms with Crippen molar-refractivity contribution in [3.8, 4) is 0 Å². The third-order valence-electron chi connectivity index (χ3n) is 3.33. The highest BCUT2D eigenvalue weighted by Crippen LogP contribution is 2.16. The van der Waals surface area contributed by atoms with E-state index in [9.17, 15) is 0 Å². The Labute approximate surface area is 123 Å². The number of hydrogen-bond donors (Lipinski definition) is 1. The number of nitrogens with zero attached hydrogens (tertiary/aromatic N) is 4. The fraction of sp³-hybridized carbons (Fsp3) is 0.188. The maximum Gasteiger partial charge on any atom is 0.165 e. The molecule has 0 saturated heterocycles. The molecule has 1 aromatic carbocycles. The van der Waals surface area contributed by atoms with Crippen LogP contribution in [0, 0.1) is 6.92 Å². The first kappa shape index (κ1) is 13.3. The summed E-state index contributed by atoms with van der Waals surface area (Å²) < 4.78 is 2.00. The zero-order valence-corrected chi connectivity index (χ0v) is 12.1. The molecule has 0 spiro atoms. The number of nitrogens with one attached hydrogen (secondary N) is 1. The predicted molar refractivity (Wildman–Crippen MR) is 85.1 cm³/mol. The molecule has 21 heavy (non-hydrogen) atoms. The molecule has 0 amide bonds. The fourth-order valence-corrected chi connectivity index (χ4v) is 2.18. The van der Waals surface area contributed by atoms with Gasteiger partial charge in [0.1, 0.15) is 11.8 Å². The van der Waals surface area contributed by atoms with Crippen molar-refractivity contribution in [2.24, 2.45) is 0 Å². The molecule has 0 aliphatic rings. The van der Waals surface area contributed by atoms with Gasteiger partial charge < -0.3 is 9.88 Å². The molecule has 0 radical (unpaired) electrons. The van der Waals surface area contributed by atoms with Crippen LogP contribution in [0.5, 0.6) is 0 Å². The van der Waals surface area contributed by atoms with Gasteiger partial charge in [-0.2, -0.15) is 0 Å². The minimum absolute atomic E-state index is 0.727. The van der Waals surface area contributed by atoms with Gasteiger partial charge in [-0.1, -0.05) is 42.0 Å². The lowest BCUT2D eigenvalue weighted by Gasteiger charge is -2.01. The summed E-state index contributed by atoms with van der Waals surface area (Å²) >= 11 is 0. The molecular formula is C16H17N5. The van der Waals surface area contributed by atoms with E-state index < -0.39 is 0 Å². The van der Waals surface area contributed by atoms with Crippen molar-refractivity contribution in [3.63, 3.8) is 0 Å². The summed E-state index contributed by atoms with van der Waals surface area (Å²) in [4.78, 5) is 12.8. The molecule has 3 aromatic rings. The van der Waals surface area contributed by atoms with Crippen molar-refractivity contribution < 1.29 is 0 Å². The van der Waals surface area contributed by atoms with Gasteiger partial charge in [0, 0.05) is 13.6 Å². The summed E-state index contributed by atoms with van der Waals surface area (Å²) in [6, 6.07) is 8.44. The summed E-state index contributed by atoms with van der Waals surface area (Å²) in [5.41, 5.74) is 4.09. The van der Waals surface area contributed by atoms with Gasteiger partial charge in [0.25, 0.3) is 0 Å². The number of anilines is 1. The second kappa shape index (κ2) is 5.75.